The van der Waals surface area contributed by atoms with Crippen LogP contribution in [0.4, 0.5) is 5.69 Å². The fourth-order valence-corrected chi connectivity index (χ4v) is 1.86. The number of aryl methyl sites for hydroxylation is 1. The number of likely N-dealkylation sites (N-methyl/N-ethyl adjacent to an activating group) is 1. The van der Waals surface area contributed by atoms with Crippen molar-refractivity contribution in [3.8, 4) is 0 Å². The number of anilines is 1. The highest BCUT2D eigenvalue weighted by atomic mass is 16.3. The maximum Gasteiger partial charge on any atom is 0.238 e. The monoisotopic (exact) mass is 258 g/mol. The molecule has 19 heavy (non-hydrogen) atoms. The summed E-state index contributed by atoms with van der Waals surface area (Å²) in [5.41, 5.74) is 0.815. The van der Waals surface area contributed by atoms with Gasteiger partial charge in [0.1, 0.15) is 11.5 Å². The molecular weight excluding hydrogens is 240 g/mol. The van der Waals surface area contributed by atoms with E-state index in [0.717, 1.165) is 17.2 Å². The van der Waals surface area contributed by atoms with Crippen molar-refractivity contribution < 1.29 is 9.21 Å². The molecule has 0 aliphatic carbocycles. The molecule has 0 radical (unpaired) electrons. The number of benzene rings is 1. The Bertz CT molecular complexity index is 534. The van der Waals surface area contributed by atoms with E-state index < -0.39 is 0 Å². The van der Waals surface area contributed by atoms with Gasteiger partial charge in [0.05, 0.1) is 13.1 Å². The number of hydrogen-bond acceptors (Lipinski definition) is 3. The number of carbonyl (C=O) groups is 1. The van der Waals surface area contributed by atoms with Crippen molar-refractivity contribution in [1.29, 1.82) is 0 Å². The summed E-state index contributed by atoms with van der Waals surface area (Å²) in [4.78, 5) is 13.7. The number of furan rings is 1. The van der Waals surface area contributed by atoms with Crippen molar-refractivity contribution in [2.24, 2.45) is 0 Å². The molecule has 0 aliphatic rings. The summed E-state index contributed by atoms with van der Waals surface area (Å²) in [7, 11) is 1.89. The van der Waals surface area contributed by atoms with Crippen LogP contribution in [-0.4, -0.2) is 24.4 Å². The molecule has 0 aliphatic heterocycles. The van der Waals surface area contributed by atoms with Crippen LogP contribution in [0.5, 0.6) is 0 Å². The minimum Gasteiger partial charge on any atom is -0.465 e. The Labute approximate surface area is 113 Å². The van der Waals surface area contributed by atoms with E-state index in [2.05, 4.69) is 5.32 Å². The van der Waals surface area contributed by atoms with Gasteiger partial charge in [0.25, 0.3) is 0 Å². The van der Waals surface area contributed by atoms with E-state index in [1.54, 1.807) is 0 Å². The molecule has 4 nitrogen and oxygen atoms in total. The van der Waals surface area contributed by atoms with E-state index >= 15 is 0 Å². The molecule has 1 heterocycles. The molecule has 2 rings (SSSR count). The highest BCUT2D eigenvalue weighted by molar-refractivity contribution is 5.92. The quantitative estimate of drug-likeness (QED) is 0.896. The van der Waals surface area contributed by atoms with Crippen LogP contribution in [0.1, 0.15) is 11.5 Å². The lowest BCUT2D eigenvalue weighted by molar-refractivity contribution is -0.117. The van der Waals surface area contributed by atoms with Gasteiger partial charge in [-0.2, -0.15) is 0 Å². The molecule has 0 fully saturated rings. The number of hydrogen-bond donors (Lipinski definition) is 1. The molecule has 2 aromatic rings. The standard InChI is InChI=1S/C15H18N2O2/c1-12-8-9-14(19-12)10-17(2)11-15(18)16-13-6-4-3-5-7-13/h3-9H,10-11H2,1-2H3,(H,16,18). The van der Waals surface area contributed by atoms with Gasteiger partial charge in [-0.1, -0.05) is 18.2 Å². The lowest BCUT2D eigenvalue weighted by Gasteiger charge is -2.14. The Morgan fingerprint density at radius 3 is 2.58 bits per heavy atom. The lowest BCUT2D eigenvalue weighted by Crippen LogP contribution is -2.29. The van der Waals surface area contributed by atoms with Crippen molar-refractivity contribution in [2.75, 3.05) is 18.9 Å². The first-order valence-electron chi connectivity index (χ1n) is 6.22. The second kappa shape index (κ2) is 6.20. The number of nitrogens with one attached hydrogen (secondary N) is 1. The zero-order valence-corrected chi connectivity index (χ0v) is 11.2. The number of amides is 1. The van der Waals surface area contributed by atoms with Crippen LogP contribution in [0.15, 0.2) is 46.9 Å². The fraction of sp³-hybridized carbons (Fsp3) is 0.267. The average Bonchev–Trinajstić information content (AvgIpc) is 2.75. The van der Waals surface area contributed by atoms with Gasteiger partial charge in [-0.3, -0.25) is 9.69 Å². The van der Waals surface area contributed by atoms with Crippen LogP contribution < -0.4 is 5.32 Å². The molecular formula is C15H18N2O2. The van der Waals surface area contributed by atoms with Crippen LogP contribution in [0, 0.1) is 6.92 Å². The third kappa shape index (κ3) is 4.26. The number of para-hydroxylation sites is 1. The molecule has 0 atom stereocenters. The number of nitrogens with zero attached hydrogens (tertiary/aromatic N) is 1. The molecule has 4 heteroatoms. The van der Waals surface area contributed by atoms with Crippen LogP contribution >= 0.6 is 0 Å². The maximum absolute atomic E-state index is 11.8. The molecule has 1 aromatic heterocycles. The van der Waals surface area contributed by atoms with Crippen molar-refractivity contribution in [2.45, 2.75) is 13.5 Å². The molecule has 0 saturated heterocycles. The smallest absolute Gasteiger partial charge is 0.238 e. The van der Waals surface area contributed by atoms with Gasteiger partial charge in [0, 0.05) is 5.69 Å². The molecule has 100 valence electrons. The Morgan fingerprint density at radius 2 is 1.95 bits per heavy atom. The van der Waals surface area contributed by atoms with Crippen molar-refractivity contribution >= 4 is 11.6 Å². The van der Waals surface area contributed by atoms with Crippen LogP contribution in [0.3, 0.4) is 0 Å². The van der Waals surface area contributed by atoms with Gasteiger partial charge in [-0.25, -0.2) is 0 Å². The van der Waals surface area contributed by atoms with Crippen LogP contribution in [0.25, 0.3) is 0 Å². The van der Waals surface area contributed by atoms with Gasteiger partial charge in [0.2, 0.25) is 5.91 Å². The topological polar surface area (TPSA) is 45.5 Å². The third-order valence-corrected chi connectivity index (χ3v) is 2.69. The van der Waals surface area contributed by atoms with Crippen molar-refractivity contribution in [1.82, 2.24) is 4.90 Å². The average molecular weight is 258 g/mol. The van der Waals surface area contributed by atoms with E-state index in [0.29, 0.717) is 13.1 Å². The van der Waals surface area contributed by atoms with E-state index in [4.69, 9.17) is 4.42 Å². The SMILES string of the molecule is Cc1ccc(CN(C)CC(=O)Nc2ccccc2)o1. The maximum atomic E-state index is 11.8. The Morgan fingerprint density at radius 1 is 1.21 bits per heavy atom. The molecule has 1 aromatic carbocycles. The second-order valence-electron chi connectivity index (χ2n) is 4.60. The van der Waals surface area contributed by atoms with Gasteiger partial charge >= 0.3 is 0 Å². The predicted molar refractivity (Wildman–Crippen MR) is 74.9 cm³/mol. The van der Waals surface area contributed by atoms with E-state index in [1.807, 2.05) is 61.3 Å². The highest BCUT2D eigenvalue weighted by Crippen LogP contribution is 2.09. The van der Waals surface area contributed by atoms with Gasteiger partial charge in [-0.15, -0.1) is 0 Å². The Kier molecular flexibility index (Phi) is 4.36. The summed E-state index contributed by atoms with van der Waals surface area (Å²) in [5.74, 6) is 1.72. The zero-order valence-electron chi connectivity index (χ0n) is 11.2. The lowest BCUT2D eigenvalue weighted by atomic mass is 10.3. The molecule has 0 saturated carbocycles. The number of rotatable bonds is 5. The minimum absolute atomic E-state index is 0.0306. The summed E-state index contributed by atoms with van der Waals surface area (Å²) in [6.07, 6.45) is 0. The summed E-state index contributed by atoms with van der Waals surface area (Å²) >= 11 is 0. The third-order valence-electron chi connectivity index (χ3n) is 2.69. The van der Waals surface area contributed by atoms with Crippen LogP contribution in [0.2, 0.25) is 0 Å². The van der Waals surface area contributed by atoms with Gasteiger partial charge in [-0.05, 0) is 38.2 Å². The zero-order chi connectivity index (χ0) is 13.7. The largest absolute Gasteiger partial charge is 0.465 e. The molecule has 1 amide bonds. The second-order valence-corrected chi connectivity index (χ2v) is 4.60. The summed E-state index contributed by atoms with van der Waals surface area (Å²) in [6.45, 7) is 2.86. The first kappa shape index (κ1) is 13.4. The molecule has 1 N–H and O–H groups in total. The van der Waals surface area contributed by atoms with Crippen molar-refractivity contribution in [3.05, 3.63) is 54.0 Å². The van der Waals surface area contributed by atoms with E-state index in [1.165, 1.54) is 0 Å². The van der Waals surface area contributed by atoms with Crippen LogP contribution in [-0.2, 0) is 11.3 Å². The van der Waals surface area contributed by atoms with Gasteiger partial charge < -0.3 is 9.73 Å². The molecule has 0 spiro atoms. The Hall–Kier alpha value is -2.07. The predicted octanol–water partition coefficient (Wildman–Crippen LogP) is 2.66. The summed E-state index contributed by atoms with van der Waals surface area (Å²) in [5, 5.41) is 2.85. The summed E-state index contributed by atoms with van der Waals surface area (Å²) in [6, 6.07) is 13.3. The van der Waals surface area contributed by atoms with Gasteiger partial charge in [0.15, 0.2) is 0 Å². The normalized spacial score (nSPS) is 10.7. The molecule has 0 unspecified atom stereocenters. The first-order chi connectivity index (χ1) is 9.13. The minimum atomic E-state index is -0.0306. The Balaban J connectivity index is 1.82. The number of carbonyl (C=O) groups excluding carboxylic acids is 1. The summed E-state index contributed by atoms with van der Waals surface area (Å²) < 4.78 is 5.48. The van der Waals surface area contributed by atoms with Crippen molar-refractivity contribution in [3.63, 3.8) is 0 Å². The van der Waals surface area contributed by atoms with E-state index in [9.17, 15) is 4.79 Å². The fourth-order valence-electron chi connectivity index (χ4n) is 1.86. The highest BCUT2D eigenvalue weighted by Gasteiger charge is 2.09. The molecule has 0 bridgehead atoms. The first-order valence-corrected chi connectivity index (χ1v) is 6.22. The van der Waals surface area contributed by atoms with E-state index in [-0.39, 0.29) is 5.91 Å².